The molecule has 5 nitrogen and oxygen atoms in total. The number of fused-ring (bicyclic) bond motifs is 1. The number of halogens is 1. The lowest BCUT2D eigenvalue weighted by atomic mass is 10.1. The number of nitrogens with zero attached hydrogens (tertiary/aromatic N) is 3. The van der Waals surface area contributed by atoms with Gasteiger partial charge in [-0.2, -0.15) is 0 Å². The molecule has 2 aromatic carbocycles. The fourth-order valence-corrected chi connectivity index (χ4v) is 2.65. The molecule has 4 aromatic rings. The predicted molar refractivity (Wildman–Crippen MR) is 90.8 cm³/mol. The molecule has 0 saturated carbocycles. The Kier molecular flexibility index (Phi) is 3.50. The number of hydrogen-bond donors (Lipinski definition) is 1. The second-order valence-corrected chi connectivity index (χ2v) is 5.52. The molecule has 0 radical (unpaired) electrons. The Morgan fingerprint density at radius 2 is 1.68 bits per heavy atom. The summed E-state index contributed by atoms with van der Waals surface area (Å²) in [5.41, 5.74) is 2.52. The summed E-state index contributed by atoms with van der Waals surface area (Å²) >= 11 is 0. The number of aromatic nitrogens is 3. The van der Waals surface area contributed by atoms with E-state index in [1.54, 1.807) is 24.4 Å². The van der Waals surface area contributed by atoms with Crippen LogP contribution in [0, 0.1) is 5.82 Å². The van der Waals surface area contributed by atoms with Crippen molar-refractivity contribution in [1.29, 1.82) is 0 Å². The van der Waals surface area contributed by atoms with Gasteiger partial charge in [-0.1, -0.05) is 30.3 Å². The van der Waals surface area contributed by atoms with E-state index in [0.29, 0.717) is 11.4 Å². The van der Waals surface area contributed by atoms with Crippen LogP contribution in [0.4, 0.5) is 4.39 Å². The summed E-state index contributed by atoms with van der Waals surface area (Å²) in [5, 5.41) is 13.9. The highest BCUT2D eigenvalue weighted by atomic mass is 19.1. The van der Waals surface area contributed by atoms with Crippen molar-refractivity contribution >= 4 is 11.6 Å². The molecular formula is C19H12FN3O2. The van der Waals surface area contributed by atoms with Gasteiger partial charge in [0.1, 0.15) is 11.4 Å². The average molecular weight is 333 g/mol. The topological polar surface area (TPSA) is 67.5 Å². The molecule has 0 spiro atoms. The smallest absolute Gasteiger partial charge is 0.339 e. The van der Waals surface area contributed by atoms with E-state index < -0.39 is 5.97 Å². The van der Waals surface area contributed by atoms with E-state index in [0.717, 1.165) is 11.1 Å². The maximum absolute atomic E-state index is 13.1. The van der Waals surface area contributed by atoms with Gasteiger partial charge in [-0.15, -0.1) is 5.10 Å². The molecule has 2 heterocycles. The third-order valence-corrected chi connectivity index (χ3v) is 3.87. The molecule has 0 aliphatic carbocycles. The quantitative estimate of drug-likeness (QED) is 0.617. The van der Waals surface area contributed by atoms with Crippen LogP contribution in [-0.2, 0) is 0 Å². The Bertz CT molecular complexity index is 1070. The molecular weight excluding hydrogens is 321 g/mol. The Morgan fingerprint density at radius 1 is 0.960 bits per heavy atom. The van der Waals surface area contributed by atoms with E-state index in [1.807, 2.05) is 30.3 Å². The zero-order valence-corrected chi connectivity index (χ0v) is 12.9. The Balaban J connectivity index is 1.92. The van der Waals surface area contributed by atoms with Gasteiger partial charge >= 0.3 is 5.97 Å². The Hall–Kier alpha value is -3.54. The van der Waals surface area contributed by atoms with Crippen molar-refractivity contribution in [3.8, 4) is 22.5 Å². The summed E-state index contributed by atoms with van der Waals surface area (Å²) in [5.74, 6) is -1.10. The van der Waals surface area contributed by atoms with E-state index in [-0.39, 0.29) is 17.0 Å². The summed E-state index contributed by atoms with van der Waals surface area (Å²) in [6, 6.07) is 16.8. The lowest BCUT2D eigenvalue weighted by Gasteiger charge is -2.04. The van der Waals surface area contributed by atoms with Crippen LogP contribution in [0.25, 0.3) is 28.2 Å². The van der Waals surface area contributed by atoms with Gasteiger partial charge in [0.05, 0.1) is 0 Å². The first-order valence-electron chi connectivity index (χ1n) is 7.57. The maximum atomic E-state index is 13.1. The molecule has 0 aliphatic heterocycles. The van der Waals surface area contributed by atoms with Crippen molar-refractivity contribution in [2.24, 2.45) is 0 Å². The summed E-state index contributed by atoms with van der Waals surface area (Å²) in [7, 11) is 0. The molecule has 0 unspecified atom stereocenters. The van der Waals surface area contributed by atoms with E-state index in [2.05, 4.69) is 10.1 Å². The van der Waals surface area contributed by atoms with Crippen molar-refractivity contribution < 1.29 is 14.3 Å². The number of pyridine rings is 1. The van der Waals surface area contributed by atoms with E-state index >= 15 is 0 Å². The van der Waals surface area contributed by atoms with Gasteiger partial charge in [0, 0.05) is 17.3 Å². The fourth-order valence-electron chi connectivity index (χ4n) is 2.65. The van der Waals surface area contributed by atoms with Crippen molar-refractivity contribution in [3.05, 3.63) is 78.2 Å². The first kappa shape index (κ1) is 15.0. The highest BCUT2D eigenvalue weighted by molar-refractivity contribution is 5.96. The summed E-state index contributed by atoms with van der Waals surface area (Å²) < 4.78 is 14.5. The molecule has 2 aromatic heterocycles. The maximum Gasteiger partial charge on any atom is 0.339 e. The van der Waals surface area contributed by atoms with Gasteiger partial charge < -0.3 is 5.11 Å². The zero-order chi connectivity index (χ0) is 17.4. The van der Waals surface area contributed by atoms with Crippen LogP contribution in [-0.4, -0.2) is 25.7 Å². The third kappa shape index (κ3) is 2.74. The standard InChI is InChI=1S/C19H12FN3O2/c20-15-8-6-13(7-9-15)17-21-18-16(19(24)25)10-14(11-23(18)22-17)12-4-2-1-3-5-12/h1-11H,(H,24,25). The number of carboxylic acids is 1. The van der Waals surface area contributed by atoms with E-state index in [9.17, 15) is 14.3 Å². The molecule has 4 rings (SSSR count). The van der Waals surface area contributed by atoms with Crippen molar-refractivity contribution in [2.75, 3.05) is 0 Å². The normalized spacial score (nSPS) is 10.9. The van der Waals surface area contributed by atoms with Gasteiger partial charge in [-0.05, 0) is 35.9 Å². The highest BCUT2D eigenvalue weighted by Crippen LogP contribution is 2.24. The second kappa shape index (κ2) is 5.83. The number of rotatable bonds is 3. The van der Waals surface area contributed by atoms with Crippen LogP contribution in [0.15, 0.2) is 66.9 Å². The molecule has 0 amide bonds. The van der Waals surface area contributed by atoms with Crippen LogP contribution in [0.1, 0.15) is 10.4 Å². The van der Waals surface area contributed by atoms with Crippen molar-refractivity contribution in [2.45, 2.75) is 0 Å². The molecule has 0 fully saturated rings. The predicted octanol–water partition coefficient (Wildman–Crippen LogP) is 3.90. The van der Waals surface area contributed by atoms with Gasteiger partial charge in [0.25, 0.3) is 0 Å². The molecule has 6 heteroatoms. The van der Waals surface area contributed by atoms with E-state index in [4.69, 9.17) is 0 Å². The number of aromatic carboxylic acids is 1. The highest BCUT2D eigenvalue weighted by Gasteiger charge is 2.16. The summed E-state index contributed by atoms with van der Waals surface area (Å²) in [6.07, 6.45) is 1.73. The number of benzene rings is 2. The number of carboxylic acid groups (broad SMARTS) is 1. The van der Waals surface area contributed by atoms with Crippen LogP contribution < -0.4 is 0 Å². The zero-order valence-electron chi connectivity index (χ0n) is 12.9. The van der Waals surface area contributed by atoms with E-state index in [1.165, 1.54) is 16.6 Å². The van der Waals surface area contributed by atoms with Crippen LogP contribution in [0.3, 0.4) is 0 Å². The minimum atomic E-state index is -1.08. The Morgan fingerprint density at radius 3 is 2.36 bits per heavy atom. The second-order valence-electron chi connectivity index (χ2n) is 5.52. The molecule has 0 saturated heterocycles. The van der Waals surface area contributed by atoms with Gasteiger partial charge in [0.15, 0.2) is 11.5 Å². The van der Waals surface area contributed by atoms with Gasteiger partial charge in [-0.25, -0.2) is 18.7 Å². The minimum absolute atomic E-state index is 0.0576. The average Bonchev–Trinajstić information content (AvgIpc) is 3.06. The van der Waals surface area contributed by atoms with Crippen LogP contribution in [0.2, 0.25) is 0 Å². The number of hydrogen-bond acceptors (Lipinski definition) is 3. The molecule has 1 N–H and O–H groups in total. The van der Waals surface area contributed by atoms with Crippen molar-refractivity contribution in [3.63, 3.8) is 0 Å². The monoisotopic (exact) mass is 333 g/mol. The Labute approximate surface area is 142 Å². The van der Waals surface area contributed by atoms with Crippen molar-refractivity contribution in [1.82, 2.24) is 14.6 Å². The molecule has 0 aliphatic rings. The van der Waals surface area contributed by atoms with Crippen LogP contribution in [0.5, 0.6) is 0 Å². The first-order chi connectivity index (χ1) is 12.1. The lowest BCUT2D eigenvalue weighted by Crippen LogP contribution is -2.02. The SMILES string of the molecule is O=C(O)c1cc(-c2ccccc2)cn2nc(-c3ccc(F)cc3)nc12. The largest absolute Gasteiger partial charge is 0.478 e. The van der Waals surface area contributed by atoms with Gasteiger partial charge in [0.2, 0.25) is 0 Å². The van der Waals surface area contributed by atoms with Gasteiger partial charge in [-0.3, -0.25) is 0 Å². The fraction of sp³-hybridized carbons (Fsp3) is 0. The molecule has 122 valence electrons. The summed E-state index contributed by atoms with van der Waals surface area (Å²) in [6.45, 7) is 0. The molecule has 0 atom stereocenters. The summed E-state index contributed by atoms with van der Waals surface area (Å²) in [4.78, 5) is 16.0. The first-order valence-corrected chi connectivity index (χ1v) is 7.57. The molecule has 0 bridgehead atoms. The molecule has 25 heavy (non-hydrogen) atoms. The minimum Gasteiger partial charge on any atom is -0.478 e. The lowest BCUT2D eigenvalue weighted by molar-refractivity contribution is 0.0698. The van der Waals surface area contributed by atoms with Crippen LogP contribution >= 0.6 is 0 Å². The third-order valence-electron chi connectivity index (χ3n) is 3.87. The number of carbonyl (C=O) groups is 1.